The first-order valence-corrected chi connectivity index (χ1v) is 10.9. The molecular weight excluding hydrogens is 436 g/mol. The minimum absolute atomic E-state index is 0.223. The van der Waals surface area contributed by atoms with Crippen LogP contribution in [0.3, 0.4) is 0 Å². The number of nitrogens with zero attached hydrogens (tertiary/aromatic N) is 3. The number of hydrogen-bond acceptors (Lipinski definition) is 4. The van der Waals surface area contributed by atoms with Crippen LogP contribution < -0.4 is 16.1 Å². The van der Waals surface area contributed by atoms with Gasteiger partial charge in [0.05, 0.1) is 11.2 Å². The summed E-state index contributed by atoms with van der Waals surface area (Å²) in [5.41, 5.74) is 0.440. The smallest absolute Gasteiger partial charge is 0.311 e. The second-order valence-corrected chi connectivity index (χ2v) is 8.47. The Bertz CT molecular complexity index is 1470. The largest absolute Gasteiger partial charge is 0.336 e. The van der Waals surface area contributed by atoms with Crippen LogP contribution in [0.1, 0.15) is 12.0 Å². The third-order valence-electron chi connectivity index (χ3n) is 5.56. The molecule has 4 aromatic rings. The molecule has 6 nitrogen and oxygen atoms in total. The van der Waals surface area contributed by atoms with Crippen LogP contribution in [0.15, 0.2) is 63.5 Å². The number of fused-ring (bicyclic) bond motifs is 2. The van der Waals surface area contributed by atoms with Gasteiger partial charge in [0.1, 0.15) is 22.9 Å². The van der Waals surface area contributed by atoms with E-state index in [2.05, 4.69) is 0 Å². The van der Waals surface area contributed by atoms with Gasteiger partial charge in [-0.05, 0) is 48.1 Å². The van der Waals surface area contributed by atoms with Crippen molar-refractivity contribution >= 4 is 33.1 Å². The Morgan fingerprint density at radius 1 is 1.03 bits per heavy atom. The van der Waals surface area contributed by atoms with Crippen molar-refractivity contribution in [3.8, 4) is 5.69 Å². The van der Waals surface area contributed by atoms with Gasteiger partial charge in [-0.1, -0.05) is 18.2 Å². The molecule has 5 rings (SSSR count). The molecule has 0 spiro atoms. The van der Waals surface area contributed by atoms with E-state index in [0.29, 0.717) is 22.7 Å². The van der Waals surface area contributed by atoms with Crippen LogP contribution in [-0.4, -0.2) is 21.6 Å². The number of para-hydroxylation sites is 1. The zero-order valence-corrected chi connectivity index (χ0v) is 17.6. The molecule has 32 heavy (non-hydrogen) atoms. The lowest BCUT2D eigenvalue weighted by atomic mass is 10.0. The predicted octanol–water partition coefficient (Wildman–Crippen LogP) is 3.47. The Hall–Kier alpha value is -3.59. The lowest BCUT2D eigenvalue weighted by Crippen LogP contribution is -2.43. The Labute approximate surface area is 184 Å². The van der Waals surface area contributed by atoms with Gasteiger partial charge in [-0.3, -0.25) is 14.2 Å². The zero-order valence-electron chi connectivity index (χ0n) is 16.8. The first-order chi connectivity index (χ1) is 15.4. The molecule has 3 heterocycles. The van der Waals surface area contributed by atoms with Crippen molar-refractivity contribution in [3.63, 3.8) is 0 Å². The predicted molar refractivity (Wildman–Crippen MR) is 119 cm³/mol. The Balaban J connectivity index is 1.64. The second kappa shape index (κ2) is 7.83. The van der Waals surface area contributed by atoms with Crippen LogP contribution in [0, 0.1) is 11.6 Å². The van der Waals surface area contributed by atoms with E-state index in [1.54, 1.807) is 16.3 Å². The summed E-state index contributed by atoms with van der Waals surface area (Å²) in [7, 11) is 0. The minimum Gasteiger partial charge on any atom is -0.311 e. The van der Waals surface area contributed by atoms with Crippen LogP contribution >= 0.6 is 11.3 Å². The van der Waals surface area contributed by atoms with Gasteiger partial charge < -0.3 is 4.90 Å². The summed E-state index contributed by atoms with van der Waals surface area (Å²) >= 11 is 1.10. The summed E-state index contributed by atoms with van der Waals surface area (Å²) in [5.74, 6) is -2.13. The average molecular weight is 453 g/mol. The topological polar surface area (TPSA) is 64.3 Å². The normalized spacial score (nSPS) is 13.4. The summed E-state index contributed by atoms with van der Waals surface area (Å²) < 4.78 is 29.7. The fraction of sp³-hybridized carbons (Fsp3) is 0.174. The number of anilines is 1. The van der Waals surface area contributed by atoms with Crippen molar-refractivity contribution in [2.75, 3.05) is 11.4 Å². The lowest BCUT2D eigenvalue weighted by Gasteiger charge is -2.29. The van der Waals surface area contributed by atoms with Crippen molar-refractivity contribution in [2.45, 2.75) is 19.4 Å². The van der Waals surface area contributed by atoms with E-state index in [1.165, 1.54) is 4.57 Å². The van der Waals surface area contributed by atoms with E-state index in [1.807, 2.05) is 24.3 Å². The summed E-state index contributed by atoms with van der Waals surface area (Å²) in [6.45, 7) is 0.213. The molecule has 1 aliphatic rings. The third kappa shape index (κ3) is 3.34. The van der Waals surface area contributed by atoms with E-state index < -0.39 is 22.9 Å². The standard InChI is InChI=1S/C23H17F2N3O3S/c24-15-10-16(25)12-17(11-15)28-22(30)21-19(7-9-32-21)27(23(28)31)13-20(29)26-8-3-5-14-4-1-2-6-18(14)26/h1-2,4,6-7,9-12H,3,5,8,13H2. The summed E-state index contributed by atoms with van der Waals surface area (Å²) in [5, 5.41) is 1.64. The molecule has 162 valence electrons. The van der Waals surface area contributed by atoms with Crippen molar-refractivity contribution < 1.29 is 13.6 Å². The first-order valence-electron chi connectivity index (χ1n) is 10.0. The Kier molecular flexibility index (Phi) is 4.97. The number of amides is 1. The van der Waals surface area contributed by atoms with Gasteiger partial charge in [0, 0.05) is 18.3 Å². The van der Waals surface area contributed by atoms with E-state index in [0.717, 1.165) is 47.6 Å². The number of carbonyl (C=O) groups excluding carboxylic acids is 1. The molecule has 0 atom stereocenters. The summed E-state index contributed by atoms with van der Waals surface area (Å²) in [4.78, 5) is 41.2. The van der Waals surface area contributed by atoms with Gasteiger partial charge in [-0.25, -0.2) is 18.1 Å². The fourth-order valence-corrected chi connectivity index (χ4v) is 4.97. The van der Waals surface area contributed by atoms with Crippen LogP contribution in [0.5, 0.6) is 0 Å². The van der Waals surface area contributed by atoms with Crippen LogP contribution in [0.2, 0.25) is 0 Å². The number of thiophene rings is 1. The highest BCUT2D eigenvalue weighted by Crippen LogP contribution is 2.27. The maximum Gasteiger partial charge on any atom is 0.336 e. The maximum absolute atomic E-state index is 13.8. The molecule has 0 radical (unpaired) electrons. The van der Waals surface area contributed by atoms with Gasteiger partial charge in [0.25, 0.3) is 5.56 Å². The molecular formula is C23H17F2N3O3S. The number of hydrogen-bond donors (Lipinski definition) is 0. The van der Waals surface area contributed by atoms with Crippen molar-refractivity contribution in [2.24, 2.45) is 0 Å². The van der Waals surface area contributed by atoms with Gasteiger partial charge in [0.15, 0.2) is 0 Å². The van der Waals surface area contributed by atoms with Crippen LogP contribution in [0.25, 0.3) is 15.9 Å². The van der Waals surface area contributed by atoms with Gasteiger partial charge in [-0.15, -0.1) is 11.3 Å². The quantitative estimate of drug-likeness (QED) is 0.477. The molecule has 2 aromatic heterocycles. The van der Waals surface area contributed by atoms with Gasteiger partial charge in [-0.2, -0.15) is 0 Å². The third-order valence-corrected chi connectivity index (χ3v) is 6.46. The number of halogens is 2. The molecule has 2 aromatic carbocycles. The van der Waals surface area contributed by atoms with Gasteiger partial charge >= 0.3 is 5.69 Å². The number of aromatic nitrogens is 2. The molecule has 0 saturated heterocycles. The Morgan fingerprint density at radius 3 is 2.56 bits per heavy atom. The SMILES string of the molecule is O=C(Cn1c(=O)n(-c2cc(F)cc(F)c2)c(=O)c2sccc21)N1CCCc2ccccc21. The molecule has 0 saturated carbocycles. The Morgan fingerprint density at radius 2 is 1.78 bits per heavy atom. The highest BCUT2D eigenvalue weighted by atomic mass is 32.1. The van der Waals surface area contributed by atoms with E-state index in [9.17, 15) is 23.2 Å². The van der Waals surface area contributed by atoms with E-state index >= 15 is 0 Å². The van der Waals surface area contributed by atoms with Crippen molar-refractivity contribution in [1.29, 1.82) is 0 Å². The number of rotatable bonds is 3. The summed E-state index contributed by atoms with van der Waals surface area (Å²) in [6.07, 6.45) is 1.66. The molecule has 0 fully saturated rings. The number of carbonyl (C=O) groups is 1. The number of aryl methyl sites for hydroxylation is 1. The fourth-order valence-electron chi connectivity index (χ4n) is 4.15. The molecule has 0 N–H and O–H groups in total. The van der Waals surface area contributed by atoms with E-state index in [-0.39, 0.29) is 22.8 Å². The number of benzene rings is 2. The molecule has 1 amide bonds. The van der Waals surface area contributed by atoms with E-state index in [4.69, 9.17) is 0 Å². The molecule has 9 heteroatoms. The van der Waals surface area contributed by atoms with Crippen LogP contribution in [0.4, 0.5) is 14.5 Å². The van der Waals surface area contributed by atoms with Crippen molar-refractivity contribution in [3.05, 3.63) is 91.9 Å². The molecule has 0 aliphatic carbocycles. The maximum atomic E-state index is 13.8. The highest BCUT2D eigenvalue weighted by Gasteiger charge is 2.25. The second-order valence-electron chi connectivity index (χ2n) is 7.55. The van der Waals surface area contributed by atoms with Crippen molar-refractivity contribution in [1.82, 2.24) is 9.13 Å². The van der Waals surface area contributed by atoms with Crippen LogP contribution in [-0.2, 0) is 17.8 Å². The monoisotopic (exact) mass is 453 g/mol. The average Bonchev–Trinajstić information content (AvgIpc) is 3.26. The molecule has 0 unspecified atom stereocenters. The minimum atomic E-state index is -0.912. The molecule has 1 aliphatic heterocycles. The van der Waals surface area contributed by atoms with Gasteiger partial charge in [0.2, 0.25) is 5.91 Å². The first kappa shape index (κ1) is 20.3. The molecule has 0 bridgehead atoms. The summed E-state index contributed by atoms with van der Waals surface area (Å²) in [6, 6.07) is 11.7. The lowest BCUT2D eigenvalue weighted by molar-refractivity contribution is -0.119. The highest BCUT2D eigenvalue weighted by molar-refractivity contribution is 7.17. The zero-order chi connectivity index (χ0) is 22.4.